The highest BCUT2D eigenvalue weighted by Crippen LogP contribution is 2.61. The molecule has 4 aliphatic rings. The predicted molar refractivity (Wildman–Crippen MR) is 232 cm³/mol. The molecular formula is C46H53BrN2O11Si. The van der Waals surface area contributed by atoms with Gasteiger partial charge in [-0.1, -0.05) is 67.0 Å². The molecule has 1 fully saturated rings. The Morgan fingerprint density at radius 3 is 2.36 bits per heavy atom. The van der Waals surface area contributed by atoms with Gasteiger partial charge in [0.1, 0.15) is 29.3 Å². The lowest BCUT2D eigenvalue weighted by Crippen LogP contribution is -2.65. The molecule has 2 heterocycles. The number of aliphatic hydroxyl groups is 1. The minimum Gasteiger partial charge on any atom is -0.508 e. The van der Waals surface area contributed by atoms with Crippen LogP contribution in [-0.2, 0) is 26.9 Å². The standard InChI is InChI=1S/C46H53BrN2O11Si/c1-44(2,3)58-43(53)57-38-29-23-27(47)15-16-28(29)37(54-7)30-21-26-22-31-35(49-17-19-55-20-18-49)39-34(42(48-59-39)56-24-25-13-11-10-12-14-25)41(52)46(31,60-61(8,9)45(4,5)6)40(51)32(26)36(50)33(30)38/h10-16,23,26,31,35,51H,17-22,24H2,1-9H3/t26-,31-,35-,46-/m0/s1. The van der Waals surface area contributed by atoms with Gasteiger partial charge in [0, 0.05) is 45.4 Å². The van der Waals surface area contributed by atoms with Crippen LogP contribution in [0.2, 0.25) is 18.1 Å². The minimum atomic E-state index is -3.00. The summed E-state index contributed by atoms with van der Waals surface area (Å²) in [5, 5.41) is 18.2. The number of ketones is 2. The van der Waals surface area contributed by atoms with Gasteiger partial charge in [-0.3, -0.25) is 14.5 Å². The van der Waals surface area contributed by atoms with Crippen molar-refractivity contribution in [1.29, 1.82) is 0 Å². The Balaban J connectivity index is 1.38. The molecule has 0 spiro atoms. The first-order valence-electron chi connectivity index (χ1n) is 20.7. The van der Waals surface area contributed by atoms with Gasteiger partial charge < -0.3 is 37.7 Å². The van der Waals surface area contributed by atoms with Crippen molar-refractivity contribution in [3.05, 3.63) is 92.3 Å². The van der Waals surface area contributed by atoms with Crippen LogP contribution in [0.15, 0.2) is 68.9 Å². The molecule has 4 atom stereocenters. The summed E-state index contributed by atoms with van der Waals surface area (Å²) in [6, 6.07) is 14.3. The zero-order chi connectivity index (χ0) is 43.8. The number of ether oxygens (including phenoxy) is 5. The Kier molecular flexibility index (Phi) is 11.1. The summed E-state index contributed by atoms with van der Waals surface area (Å²) in [7, 11) is -1.46. The molecule has 0 unspecified atom stereocenters. The lowest BCUT2D eigenvalue weighted by molar-refractivity contribution is -0.0749. The van der Waals surface area contributed by atoms with E-state index in [-0.39, 0.29) is 47.8 Å². The number of fused-ring (bicyclic) bond motifs is 5. The highest BCUT2D eigenvalue weighted by Gasteiger charge is 2.68. The molecule has 3 aromatic carbocycles. The van der Waals surface area contributed by atoms with Crippen molar-refractivity contribution < 1.29 is 52.1 Å². The number of rotatable bonds is 8. The monoisotopic (exact) mass is 916 g/mol. The molecule has 8 rings (SSSR count). The average molecular weight is 918 g/mol. The van der Waals surface area contributed by atoms with Gasteiger partial charge in [-0.05, 0) is 86.6 Å². The van der Waals surface area contributed by atoms with Crippen molar-refractivity contribution >= 4 is 52.7 Å². The number of nitrogens with zero attached hydrogens (tertiary/aromatic N) is 2. The molecule has 1 aliphatic heterocycles. The van der Waals surface area contributed by atoms with Crippen LogP contribution in [0.3, 0.4) is 0 Å². The van der Waals surface area contributed by atoms with Crippen molar-refractivity contribution in [1.82, 2.24) is 10.1 Å². The van der Waals surface area contributed by atoms with E-state index < -0.39 is 65.9 Å². The molecule has 4 aromatic rings. The maximum atomic E-state index is 15.9. The Morgan fingerprint density at radius 1 is 1.00 bits per heavy atom. The molecule has 0 radical (unpaired) electrons. The third-order valence-corrected chi connectivity index (χ3v) is 17.8. The fourth-order valence-electron chi connectivity index (χ4n) is 9.12. The first kappa shape index (κ1) is 43.1. The number of allylic oxidation sites excluding steroid dienone is 1. The van der Waals surface area contributed by atoms with E-state index in [4.69, 9.17) is 32.6 Å². The van der Waals surface area contributed by atoms with Crippen molar-refractivity contribution in [3.8, 4) is 17.4 Å². The topological polar surface area (TPSA) is 156 Å². The number of aliphatic hydroxyl groups excluding tert-OH is 1. The molecule has 0 amide bonds. The molecule has 3 aliphatic carbocycles. The summed E-state index contributed by atoms with van der Waals surface area (Å²) in [6.07, 6.45) is -0.544. The van der Waals surface area contributed by atoms with Crippen LogP contribution >= 0.6 is 15.9 Å². The van der Waals surface area contributed by atoms with Crippen LogP contribution in [-0.4, -0.2) is 85.8 Å². The zero-order valence-corrected chi connectivity index (χ0v) is 38.7. The van der Waals surface area contributed by atoms with Gasteiger partial charge in [-0.25, -0.2) is 4.79 Å². The summed E-state index contributed by atoms with van der Waals surface area (Å²) >= 11 is 3.55. The summed E-state index contributed by atoms with van der Waals surface area (Å²) in [6.45, 7) is 17.4. The maximum Gasteiger partial charge on any atom is 0.514 e. The fraction of sp³-hybridized carbons (Fsp3) is 0.478. The van der Waals surface area contributed by atoms with E-state index in [9.17, 15) is 9.90 Å². The summed E-state index contributed by atoms with van der Waals surface area (Å²) in [5.74, 6) is -2.28. The highest BCUT2D eigenvalue weighted by atomic mass is 79.9. The molecule has 13 nitrogen and oxygen atoms in total. The fourth-order valence-corrected chi connectivity index (χ4v) is 10.9. The summed E-state index contributed by atoms with van der Waals surface area (Å²) < 4.78 is 44.0. The van der Waals surface area contributed by atoms with Crippen LogP contribution in [0.25, 0.3) is 10.8 Å². The van der Waals surface area contributed by atoms with Crippen LogP contribution < -0.4 is 14.2 Å². The van der Waals surface area contributed by atoms with Gasteiger partial charge in [-0.15, -0.1) is 0 Å². The first-order valence-corrected chi connectivity index (χ1v) is 24.4. The number of Topliss-reactive ketones (excluding diaryl/α,β-unsaturated/α-hetero) is 2. The van der Waals surface area contributed by atoms with Crippen molar-refractivity contribution in [2.24, 2.45) is 11.8 Å². The molecule has 0 saturated carbocycles. The molecule has 1 saturated heterocycles. The van der Waals surface area contributed by atoms with Crippen LogP contribution in [0.1, 0.15) is 91.6 Å². The minimum absolute atomic E-state index is 0.0196. The number of aromatic nitrogens is 1. The quantitative estimate of drug-likeness (QED) is 0.101. The summed E-state index contributed by atoms with van der Waals surface area (Å²) in [4.78, 5) is 47.1. The zero-order valence-electron chi connectivity index (χ0n) is 36.1. The normalized spacial score (nSPS) is 23.2. The van der Waals surface area contributed by atoms with Gasteiger partial charge in [0.2, 0.25) is 5.78 Å². The SMILES string of the molecule is COc1c2c(c(OC(=O)OC(C)(C)C)c3cc(Br)ccc13)C(=O)C1=C(O)[C@]3(O[Si](C)(C)C(C)(C)C)C(=O)c4c(OCc5ccccc5)noc4[C@@H](N4CCOCC4)[C@@H]3C[C@@H]1C2. The molecule has 324 valence electrons. The van der Waals surface area contributed by atoms with Crippen molar-refractivity contribution in [2.75, 3.05) is 33.4 Å². The molecule has 15 heteroatoms. The van der Waals surface area contributed by atoms with E-state index in [1.807, 2.05) is 55.6 Å². The summed E-state index contributed by atoms with van der Waals surface area (Å²) in [5.41, 5.74) is -1.44. The molecule has 1 aromatic heterocycles. The van der Waals surface area contributed by atoms with E-state index in [2.05, 4.69) is 46.8 Å². The number of halogens is 1. The highest BCUT2D eigenvalue weighted by molar-refractivity contribution is 9.10. The first-order chi connectivity index (χ1) is 28.8. The Bertz CT molecular complexity index is 2440. The number of hydrogen-bond acceptors (Lipinski definition) is 13. The van der Waals surface area contributed by atoms with E-state index in [0.717, 1.165) is 5.56 Å². The number of hydrogen-bond donors (Lipinski definition) is 1. The largest absolute Gasteiger partial charge is 0.514 e. The van der Waals surface area contributed by atoms with Gasteiger partial charge in [0.25, 0.3) is 5.88 Å². The Morgan fingerprint density at radius 2 is 1.70 bits per heavy atom. The third kappa shape index (κ3) is 7.39. The number of methoxy groups -OCH3 is 1. The van der Waals surface area contributed by atoms with Crippen molar-refractivity contribution in [2.45, 2.75) is 96.4 Å². The van der Waals surface area contributed by atoms with Gasteiger partial charge in [0.05, 0.1) is 31.9 Å². The van der Waals surface area contributed by atoms with E-state index in [0.29, 0.717) is 58.6 Å². The van der Waals surface area contributed by atoms with E-state index >= 15 is 9.59 Å². The number of carbonyl (C=O) groups excluding carboxylic acids is 3. The van der Waals surface area contributed by atoms with Crippen LogP contribution in [0.4, 0.5) is 4.79 Å². The van der Waals surface area contributed by atoms with E-state index in [1.54, 1.807) is 26.8 Å². The lowest BCUT2D eigenvalue weighted by Gasteiger charge is -2.56. The average Bonchev–Trinajstić information content (AvgIpc) is 3.61. The molecule has 1 N–H and O–H groups in total. The van der Waals surface area contributed by atoms with Gasteiger partial charge >= 0.3 is 6.16 Å². The molecular weight excluding hydrogens is 864 g/mol. The number of benzene rings is 3. The predicted octanol–water partition coefficient (Wildman–Crippen LogP) is 9.71. The van der Waals surface area contributed by atoms with Crippen LogP contribution in [0, 0.1) is 11.8 Å². The van der Waals surface area contributed by atoms with Crippen molar-refractivity contribution in [3.63, 3.8) is 0 Å². The smallest absolute Gasteiger partial charge is 0.508 e. The number of carbonyl (C=O) groups is 3. The third-order valence-electron chi connectivity index (χ3n) is 12.8. The second-order valence-electron chi connectivity index (χ2n) is 18.8. The second-order valence-corrected chi connectivity index (χ2v) is 24.5. The molecule has 61 heavy (non-hydrogen) atoms. The van der Waals surface area contributed by atoms with Crippen LogP contribution in [0.5, 0.6) is 17.4 Å². The second kappa shape index (κ2) is 15.7. The maximum absolute atomic E-state index is 15.9. The van der Waals surface area contributed by atoms with Gasteiger partial charge in [-0.2, -0.15) is 0 Å². The lowest BCUT2D eigenvalue weighted by atomic mass is 9.58. The number of morpholine rings is 1. The Labute approximate surface area is 364 Å². The Hall–Kier alpha value is -4.54. The molecule has 0 bridgehead atoms. The van der Waals surface area contributed by atoms with Gasteiger partial charge in [0.15, 0.2) is 31.2 Å². The van der Waals surface area contributed by atoms with E-state index in [1.165, 1.54) is 7.11 Å².